The SMILES string of the molecule is CC(Cc1ccc(F)cc1)NCc1ncc(Cl)s1. The molecule has 1 atom stereocenters. The maximum Gasteiger partial charge on any atom is 0.123 e. The first-order valence-corrected chi connectivity index (χ1v) is 6.91. The minimum Gasteiger partial charge on any atom is -0.308 e. The minimum atomic E-state index is -0.197. The molecule has 0 amide bonds. The third-order valence-electron chi connectivity index (χ3n) is 2.58. The number of nitrogens with zero attached hydrogens (tertiary/aromatic N) is 1. The van der Waals surface area contributed by atoms with Crippen molar-refractivity contribution >= 4 is 22.9 Å². The number of halogens is 2. The zero-order valence-electron chi connectivity index (χ0n) is 9.99. The number of thiazole rings is 1. The van der Waals surface area contributed by atoms with Gasteiger partial charge in [0.2, 0.25) is 0 Å². The van der Waals surface area contributed by atoms with Gasteiger partial charge in [0, 0.05) is 12.6 Å². The van der Waals surface area contributed by atoms with Crippen molar-refractivity contribution in [2.45, 2.75) is 25.9 Å². The molecule has 1 unspecified atom stereocenters. The second-order valence-electron chi connectivity index (χ2n) is 4.17. The van der Waals surface area contributed by atoms with Crippen molar-refractivity contribution in [3.63, 3.8) is 0 Å². The Kier molecular flexibility index (Phi) is 4.69. The zero-order valence-corrected chi connectivity index (χ0v) is 11.6. The molecule has 0 fully saturated rings. The molecule has 2 rings (SSSR count). The molecule has 1 N–H and O–H groups in total. The summed E-state index contributed by atoms with van der Waals surface area (Å²) in [7, 11) is 0. The van der Waals surface area contributed by atoms with E-state index in [-0.39, 0.29) is 5.82 Å². The number of rotatable bonds is 5. The summed E-state index contributed by atoms with van der Waals surface area (Å²) in [5.41, 5.74) is 1.12. The van der Waals surface area contributed by atoms with Gasteiger partial charge >= 0.3 is 0 Å². The van der Waals surface area contributed by atoms with Crippen molar-refractivity contribution in [3.8, 4) is 0 Å². The molecule has 1 aromatic heterocycles. The molecule has 96 valence electrons. The van der Waals surface area contributed by atoms with Crippen LogP contribution in [0.5, 0.6) is 0 Å². The third kappa shape index (κ3) is 4.05. The van der Waals surface area contributed by atoms with E-state index in [9.17, 15) is 4.39 Å². The van der Waals surface area contributed by atoms with Gasteiger partial charge in [-0.25, -0.2) is 9.37 Å². The van der Waals surface area contributed by atoms with E-state index < -0.39 is 0 Å². The van der Waals surface area contributed by atoms with Crippen LogP contribution < -0.4 is 5.32 Å². The van der Waals surface area contributed by atoms with Crippen LogP contribution in [-0.4, -0.2) is 11.0 Å². The summed E-state index contributed by atoms with van der Waals surface area (Å²) in [6.45, 7) is 2.80. The summed E-state index contributed by atoms with van der Waals surface area (Å²) >= 11 is 7.29. The van der Waals surface area contributed by atoms with Gasteiger partial charge in [0.05, 0.1) is 6.20 Å². The van der Waals surface area contributed by atoms with E-state index in [2.05, 4.69) is 17.2 Å². The highest BCUT2D eigenvalue weighted by Crippen LogP contribution is 2.18. The Balaban J connectivity index is 1.81. The van der Waals surface area contributed by atoms with Gasteiger partial charge in [-0.15, -0.1) is 11.3 Å². The largest absolute Gasteiger partial charge is 0.308 e. The van der Waals surface area contributed by atoms with Crippen LogP contribution in [0.2, 0.25) is 4.34 Å². The average molecular weight is 285 g/mol. The molecule has 18 heavy (non-hydrogen) atoms. The summed E-state index contributed by atoms with van der Waals surface area (Å²) in [4.78, 5) is 4.18. The summed E-state index contributed by atoms with van der Waals surface area (Å²) < 4.78 is 13.5. The smallest absolute Gasteiger partial charge is 0.123 e. The standard InChI is InChI=1S/C13H14ClFN2S/c1-9(6-10-2-4-11(15)5-3-10)16-8-13-17-7-12(14)18-13/h2-5,7,9,16H,6,8H2,1H3. The Morgan fingerprint density at radius 3 is 2.72 bits per heavy atom. The Labute approximate surface area is 115 Å². The lowest BCUT2D eigenvalue weighted by Gasteiger charge is -2.12. The van der Waals surface area contributed by atoms with Gasteiger partial charge in [0.25, 0.3) is 0 Å². The summed E-state index contributed by atoms with van der Waals surface area (Å²) in [5, 5.41) is 4.35. The Hall–Kier alpha value is -0.970. The van der Waals surface area contributed by atoms with Crippen LogP contribution in [0.15, 0.2) is 30.5 Å². The lowest BCUT2D eigenvalue weighted by molar-refractivity contribution is 0.543. The van der Waals surface area contributed by atoms with E-state index >= 15 is 0 Å². The van der Waals surface area contributed by atoms with Crippen molar-refractivity contribution in [1.82, 2.24) is 10.3 Å². The van der Waals surface area contributed by atoms with Crippen molar-refractivity contribution in [1.29, 1.82) is 0 Å². The predicted octanol–water partition coefficient (Wildman–Crippen LogP) is 3.66. The van der Waals surface area contributed by atoms with Gasteiger partial charge in [-0.05, 0) is 31.0 Å². The van der Waals surface area contributed by atoms with Gasteiger partial charge in [0.15, 0.2) is 0 Å². The van der Waals surface area contributed by atoms with Crippen LogP contribution in [0.4, 0.5) is 4.39 Å². The monoisotopic (exact) mass is 284 g/mol. The highest BCUT2D eigenvalue weighted by Gasteiger charge is 2.05. The fourth-order valence-electron chi connectivity index (χ4n) is 1.68. The van der Waals surface area contributed by atoms with E-state index in [0.717, 1.165) is 17.0 Å². The Morgan fingerprint density at radius 1 is 1.39 bits per heavy atom. The van der Waals surface area contributed by atoms with E-state index in [4.69, 9.17) is 11.6 Å². The van der Waals surface area contributed by atoms with Crippen LogP contribution in [0.1, 0.15) is 17.5 Å². The van der Waals surface area contributed by atoms with Crippen molar-refractivity contribution in [2.24, 2.45) is 0 Å². The number of benzene rings is 1. The molecule has 0 aliphatic rings. The third-order valence-corrected chi connectivity index (χ3v) is 3.70. The lowest BCUT2D eigenvalue weighted by atomic mass is 10.1. The first-order valence-electron chi connectivity index (χ1n) is 5.71. The van der Waals surface area contributed by atoms with E-state index in [1.165, 1.54) is 23.5 Å². The van der Waals surface area contributed by atoms with E-state index in [1.807, 2.05) is 12.1 Å². The highest BCUT2D eigenvalue weighted by molar-refractivity contribution is 7.15. The second kappa shape index (κ2) is 6.27. The van der Waals surface area contributed by atoms with Gasteiger partial charge in [-0.2, -0.15) is 0 Å². The number of aromatic nitrogens is 1. The fraction of sp³-hybridized carbons (Fsp3) is 0.308. The lowest BCUT2D eigenvalue weighted by Crippen LogP contribution is -2.27. The molecule has 0 aliphatic heterocycles. The van der Waals surface area contributed by atoms with Crippen molar-refractivity contribution in [3.05, 3.63) is 51.2 Å². The van der Waals surface area contributed by atoms with Gasteiger partial charge < -0.3 is 5.32 Å². The van der Waals surface area contributed by atoms with Crippen molar-refractivity contribution in [2.75, 3.05) is 0 Å². The van der Waals surface area contributed by atoms with Gasteiger partial charge in [-0.1, -0.05) is 23.7 Å². The Morgan fingerprint density at radius 2 is 2.11 bits per heavy atom. The minimum absolute atomic E-state index is 0.197. The molecule has 0 saturated heterocycles. The van der Waals surface area contributed by atoms with E-state index in [1.54, 1.807) is 6.20 Å². The van der Waals surface area contributed by atoms with Crippen LogP contribution >= 0.6 is 22.9 Å². The molecule has 0 aliphatic carbocycles. The number of hydrogen-bond donors (Lipinski definition) is 1. The summed E-state index contributed by atoms with van der Waals surface area (Å²) in [5.74, 6) is -0.197. The molecule has 0 radical (unpaired) electrons. The molecule has 1 heterocycles. The zero-order chi connectivity index (χ0) is 13.0. The van der Waals surface area contributed by atoms with Crippen molar-refractivity contribution < 1.29 is 4.39 Å². The van der Waals surface area contributed by atoms with Gasteiger partial charge in [-0.3, -0.25) is 0 Å². The predicted molar refractivity (Wildman–Crippen MR) is 73.5 cm³/mol. The molecule has 0 bridgehead atoms. The Bertz CT molecular complexity index is 498. The highest BCUT2D eigenvalue weighted by atomic mass is 35.5. The van der Waals surface area contributed by atoms with Crippen LogP contribution in [0.25, 0.3) is 0 Å². The first-order chi connectivity index (χ1) is 8.63. The van der Waals surface area contributed by atoms with Crippen LogP contribution in [0, 0.1) is 5.82 Å². The molecule has 2 aromatic rings. The van der Waals surface area contributed by atoms with Crippen LogP contribution in [0.3, 0.4) is 0 Å². The molecule has 2 nitrogen and oxygen atoms in total. The fourth-order valence-corrected chi connectivity index (χ4v) is 2.58. The molecule has 5 heteroatoms. The average Bonchev–Trinajstić information content (AvgIpc) is 2.76. The topological polar surface area (TPSA) is 24.9 Å². The number of hydrogen-bond acceptors (Lipinski definition) is 3. The first kappa shape index (κ1) is 13.5. The maximum absolute atomic E-state index is 12.8. The second-order valence-corrected chi connectivity index (χ2v) is 5.92. The summed E-state index contributed by atoms with van der Waals surface area (Å²) in [6.07, 6.45) is 2.52. The number of nitrogens with one attached hydrogen (secondary N) is 1. The molecular formula is C13H14ClFN2S. The normalized spacial score (nSPS) is 12.6. The van der Waals surface area contributed by atoms with Gasteiger partial charge in [0.1, 0.15) is 15.2 Å². The molecule has 0 saturated carbocycles. The van der Waals surface area contributed by atoms with E-state index in [0.29, 0.717) is 16.9 Å². The molecule has 0 spiro atoms. The quantitative estimate of drug-likeness (QED) is 0.906. The molecular weight excluding hydrogens is 271 g/mol. The summed E-state index contributed by atoms with van der Waals surface area (Å²) in [6, 6.07) is 6.91. The van der Waals surface area contributed by atoms with Crippen LogP contribution in [-0.2, 0) is 13.0 Å². The maximum atomic E-state index is 12.8. The molecule has 1 aromatic carbocycles.